The summed E-state index contributed by atoms with van der Waals surface area (Å²) < 4.78 is 50.6. The highest BCUT2D eigenvalue weighted by Crippen LogP contribution is 2.50. The van der Waals surface area contributed by atoms with Crippen molar-refractivity contribution in [2.24, 2.45) is 0 Å². The van der Waals surface area contributed by atoms with Crippen molar-refractivity contribution in [2.75, 3.05) is 18.9 Å². The molecule has 1 aromatic carbocycles. The number of carbonyl (C=O) groups excluding carboxylic acids is 1. The van der Waals surface area contributed by atoms with Crippen LogP contribution in [0, 0.1) is 17.4 Å². The summed E-state index contributed by atoms with van der Waals surface area (Å²) in [7, 11) is -4.36. The molecule has 6 atom stereocenters. The molecular formula is C24H28FN6O8P. The minimum absolute atomic E-state index is 0.0812. The summed E-state index contributed by atoms with van der Waals surface area (Å²) in [5.41, 5.74) is 1.12. The van der Waals surface area contributed by atoms with Crippen molar-refractivity contribution in [3.05, 3.63) is 54.2 Å². The van der Waals surface area contributed by atoms with Gasteiger partial charge in [-0.25, -0.2) is 9.08 Å². The molecule has 0 aliphatic carbocycles. The first-order valence-electron chi connectivity index (χ1n) is 12.1. The minimum Gasteiger partial charge on any atom is -0.465 e. The molecule has 1 aliphatic rings. The number of hydrogen-bond donors (Lipinski definition) is 4. The number of nitrogens with two attached hydrogens (primary N) is 1. The van der Waals surface area contributed by atoms with Gasteiger partial charge >= 0.3 is 19.8 Å². The third-order valence-electron chi connectivity index (χ3n) is 6.37. The zero-order valence-electron chi connectivity index (χ0n) is 21.7. The third kappa shape index (κ3) is 5.25. The van der Waals surface area contributed by atoms with E-state index in [4.69, 9.17) is 24.3 Å². The summed E-state index contributed by atoms with van der Waals surface area (Å²) in [6.45, 7) is 3.54. The van der Waals surface area contributed by atoms with Crippen LogP contribution in [-0.2, 0) is 29.0 Å². The SMILES string of the molecule is CCOC(=O)[C@H](C)N[P@](=O)(OC[C@H]1O[C@@](C#N)(c2ccc3c(N)nc(F)nn23)[C@](C)(O)[C@@H]1O)Oc1ccccc1. The molecule has 2 aromatic heterocycles. The fraction of sp³-hybridized carbons (Fsp3) is 0.417. The summed E-state index contributed by atoms with van der Waals surface area (Å²) in [4.78, 5) is 15.6. The Labute approximate surface area is 228 Å². The maximum absolute atomic E-state index is 14.0. The normalized spacial score (nSPS) is 26.6. The highest BCUT2D eigenvalue weighted by atomic mass is 31.2. The van der Waals surface area contributed by atoms with Crippen LogP contribution in [0.1, 0.15) is 26.5 Å². The number of para-hydroxylation sites is 1. The molecule has 4 rings (SSSR count). The average molecular weight is 578 g/mol. The van der Waals surface area contributed by atoms with Crippen LogP contribution in [0.4, 0.5) is 10.2 Å². The lowest BCUT2D eigenvalue weighted by Gasteiger charge is -2.33. The van der Waals surface area contributed by atoms with Gasteiger partial charge in [-0.15, -0.1) is 5.10 Å². The van der Waals surface area contributed by atoms with Crippen LogP contribution in [0.25, 0.3) is 5.52 Å². The standard InChI is InChI=1S/C24H28FN6O8P/c1-4-36-21(33)14(2)30-40(35,39-15-8-6-5-7-9-15)37-12-17-19(32)23(3,34)24(13-26,38-17)18-11-10-16-20(27)28-22(25)29-31(16)18/h5-11,14,17,19,32,34H,4,12H2,1-3H3,(H,30,35)(H2,27,28,29)/t14-,17+,19+,23+,24-,40-/m0/s1. The van der Waals surface area contributed by atoms with Crippen molar-refractivity contribution in [3.63, 3.8) is 0 Å². The van der Waals surface area contributed by atoms with Gasteiger partial charge in [-0.3, -0.25) is 9.32 Å². The number of rotatable bonds is 10. The monoisotopic (exact) mass is 578 g/mol. The van der Waals surface area contributed by atoms with E-state index in [1.165, 1.54) is 31.2 Å². The molecule has 1 aliphatic heterocycles. The van der Waals surface area contributed by atoms with Gasteiger partial charge < -0.3 is 29.9 Å². The van der Waals surface area contributed by atoms with Gasteiger partial charge in [-0.2, -0.15) is 19.7 Å². The van der Waals surface area contributed by atoms with Crippen LogP contribution in [0.5, 0.6) is 5.75 Å². The molecule has 0 amide bonds. The number of benzene rings is 1. The van der Waals surface area contributed by atoms with Crippen molar-refractivity contribution in [3.8, 4) is 11.8 Å². The van der Waals surface area contributed by atoms with Gasteiger partial charge in [0, 0.05) is 0 Å². The van der Waals surface area contributed by atoms with Gasteiger partial charge in [0.15, 0.2) is 5.82 Å². The topological polar surface area (TPSA) is 204 Å². The van der Waals surface area contributed by atoms with Gasteiger partial charge in [0.2, 0.25) is 5.60 Å². The lowest BCUT2D eigenvalue weighted by atomic mass is 9.80. The molecular weight excluding hydrogens is 550 g/mol. The summed E-state index contributed by atoms with van der Waals surface area (Å²) >= 11 is 0. The first kappa shape index (κ1) is 29.3. The Morgan fingerprint density at radius 2 is 2.08 bits per heavy atom. The second kappa shape index (κ2) is 11.1. The van der Waals surface area contributed by atoms with Gasteiger partial charge in [0.05, 0.1) is 18.9 Å². The number of nitrogens with zero attached hydrogens (tertiary/aromatic N) is 4. The zero-order valence-corrected chi connectivity index (χ0v) is 22.6. The molecule has 0 radical (unpaired) electrons. The fourth-order valence-corrected chi connectivity index (χ4v) is 5.82. The van der Waals surface area contributed by atoms with Crippen LogP contribution < -0.4 is 15.3 Å². The Morgan fingerprint density at radius 1 is 1.38 bits per heavy atom. The number of nitrogen functional groups attached to an aromatic ring is 1. The number of nitriles is 1. The molecule has 3 heterocycles. The number of esters is 1. The van der Waals surface area contributed by atoms with Gasteiger partial charge in [-0.1, -0.05) is 18.2 Å². The molecule has 3 aromatic rings. The lowest BCUT2D eigenvalue weighted by Crippen LogP contribution is -2.52. The third-order valence-corrected chi connectivity index (χ3v) is 8.01. The molecule has 0 saturated carbocycles. The van der Waals surface area contributed by atoms with E-state index in [9.17, 15) is 29.2 Å². The van der Waals surface area contributed by atoms with Crippen molar-refractivity contribution in [1.82, 2.24) is 19.7 Å². The van der Waals surface area contributed by atoms with Crippen LogP contribution in [0.2, 0.25) is 0 Å². The number of carbonyl (C=O) groups is 1. The van der Waals surface area contributed by atoms with Crippen molar-refractivity contribution in [2.45, 2.75) is 50.2 Å². The van der Waals surface area contributed by atoms with E-state index in [-0.39, 0.29) is 29.4 Å². The number of nitrogens with one attached hydrogen (secondary N) is 1. The number of ether oxygens (including phenoxy) is 2. The number of aliphatic hydroxyl groups is 2. The molecule has 0 spiro atoms. The van der Waals surface area contributed by atoms with E-state index in [2.05, 4.69) is 15.2 Å². The predicted molar refractivity (Wildman–Crippen MR) is 136 cm³/mol. The Hall–Kier alpha value is -3.64. The molecule has 0 unspecified atom stereocenters. The summed E-state index contributed by atoms with van der Waals surface area (Å²) in [6, 6.07) is 11.4. The highest BCUT2D eigenvalue weighted by Gasteiger charge is 2.65. The maximum atomic E-state index is 14.0. The molecule has 40 heavy (non-hydrogen) atoms. The molecule has 5 N–H and O–H groups in total. The predicted octanol–water partition coefficient (Wildman–Crippen LogP) is 1.43. The smallest absolute Gasteiger partial charge is 0.459 e. The Balaban J connectivity index is 1.64. The average Bonchev–Trinajstić information content (AvgIpc) is 3.41. The van der Waals surface area contributed by atoms with Crippen LogP contribution in [0.3, 0.4) is 0 Å². The largest absolute Gasteiger partial charge is 0.465 e. The second-order valence-electron chi connectivity index (χ2n) is 9.12. The van der Waals surface area contributed by atoms with E-state index in [1.54, 1.807) is 25.1 Å². The molecule has 214 valence electrons. The quantitative estimate of drug-likeness (QED) is 0.199. The summed E-state index contributed by atoms with van der Waals surface area (Å²) in [6.07, 6.45) is -4.44. The van der Waals surface area contributed by atoms with Gasteiger partial charge in [0.1, 0.15) is 41.2 Å². The number of anilines is 1. The Bertz CT molecular complexity index is 1480. The van der Waals surface area contributed by atoms with Gasteiger partial charge in [-0.05, 0) is 45.0 Å². The van der Waals surface area contributed by atoms with Crippen molar-refractivity contribution >= 4 is 25.1 Å². The first-order chi connectivity index (χ1) is 18.9. The molecule has 14 nitrogen and oxygen atoms in total. The van der Waals surface area contributed by atoms with E-state index in [1.807, 2.05) is 6.07 Å². The van der Waals surface area contributed by atoms with E-state index < -0.39 is 55.9 Å². The van der Waals surface area contributed by atoms with Crippen LogP contribution in [-0.4, -0.2) is 67.8 Å². The number of fused-ring (bicyclic) bond motifs is 1. The molecule has 0 bridgehead atoms. The van der Waals surface area contributed by atoms with Crippen LogP contribution in [0.15, 0.2) is 42.5 Å². The summed E-state index contributed by atoms with van der Waals surface area (Å²) in [5.74, 6) is -0.814. The molecule has 16 heteroatoms. The van der Waals surface area contributed by atoms with E-state index in [0.717, 1.165) is 11.4 Å². The summed E-state index contributed by atoms with van der Waals surface area (Å²) in [5, 5.41) is 38.7. The van der Waals surface area contributed by atoms with E-state index in [0.29, 0.717) is 0 Å². The molecule has 1 saturated heterocycles. The number of aliphatic hydroxyl groups excluding tert-OH is 1. The second-order valence-corrected chi connectivity index (χ2v) is 10.8. The minimum atomic E-state index is -4.36. The highest BCUT2D eigenvalue weighted by molar-refractivity contribution is 7.52. The van der Waals surface area contributed by atoms with Crippen LogP contribution >= 0.6 is 7.75 Å². The fourth-order valence-electron chi connectivity index (χ4n) is 4.32. The van der Waals surface area contributed by atoms with Crippen molar-refractivity contribution < 1.29 is 42.5 Å². The Kier molecular flexibility index (Phi) is 8.13. The number of halogens is 1. The van der Waals surface area contributed by atoms with E-state index >= 15 is 0 Å². The lowest BCUT2D eigenvalue weighted by molar-refractivity contribution is -0.144. The number of aromatic nitrogens is 3. The zero-order chi connectivity index (χ0) is 29.3. The molecule has 1 fully saturated rings. The maximum Gasteiger partial charge on any atom is 0.459 e. The Morgan fingerprint density at radius 3 is 2.73 bits per heavy atom. The van der Waals surface area contributed by atoms with Gasteiger partial charge in [0.25, 0.3) is 0 Å². The number of hydrogen-bond acceptors (Lipinski definition) is 12. The first-order valence-corrected chi connectivity index (χ1v) is 13.7. The van der Waals surface area contributed by atoms with Crippen molar-refractivity contribution in [1.29, 1.82) is 5.26 Å².